The third-order valence-electron chi connectivity index (χ3n) is 3.55. The van der Waals surface area contributed by atoms with Crippen LogP contribution in [0.2, 0.25) is 0 Å². The Morgan fingerprint density at radius 2 is 1.54 bits per heavy atom. The number of nitrogens with one attached hydrogen (secondary N) is 2. The Bertz CT molecular complexity index is 716. The number of methoxy groups -OCH3 is 3. The van der Waals surface area contributed by atoms with Crippen molar-refractivity contribution < 1.29 is 19.0 Å². The largest absolute Gasteiger partial charge is 0.495 e. The number of amides is 1. The summed E-state index contributed by atoms with van der Waals surface area (Å²) >= 11 is 0. The molecule has 0 saturated heterocycles. The highest BCUT2D eigenvalue weighted by Crippen LogP contribution is 2.32. The maximum absolute atomic E-state index is 12.2. The quantitative estimate of drug-likeness (QED) is 0.816. The number of rotatable bonds is 7. The monoisotopic (exact) mass is 330 g/mol. The third-order valence-corrected chi connectivity index (χ3v) is 3.55. The van der Waals surface area contributed by atoms with Gasteiger partial charge >= 0.3 is 0 Å². The molecule has 0 bridgehead atoms. The van der Waals surface area contributed by atoms with Crippen molar-refractivity contribution >= 4 is 17.3 Å². The fraction of sp³-hybridized carbons (Fsp3) is 0.278. The van der Waals surface area contributed by atoms with Crippen LogP contribution in [0.1, 0.15) is 5.56 Å². The van der Waals surface area contributed by atoms with Gasteiger partial charge in [0.05, 0.1) is 33.6 Å². The van der Waals surface area contributed by atoms with Gasteiger partial charge in [0.25, 0.3) is 0 Å². The summed E-state index contributed by atoms with van der Waals surface area (Å²) in [7, 11) is 4.73. The average Bonchev–Trinajstić information content (AvgIpc) is 2.60. The number of aryl methyl sites for hydroxylation is 1. The zero-order valence-corrected chi connectivity index (χ0v) is 14.3. The first kappa shape index (κ1) is 17.5. The van der Waals surface area contributed by atoms with Crippen LogP contribution < -0.4 is 24.8 Å². The molecule has 24 heavy (non-hydrogen) atoms. The molecule has 0 saturated carbocycles. The maximum atomic E-state index is 12.2. The molecule has 2 aromatic carbocycles. The van der Waals surface area contributed by atoms with Gasteiger partial charge in [0, 0.05) is 11.8 Å². The summed E-state index contributed by atoms with van der Waals surface area (Å²) in [5.74, 6) is 1.71. The highest BCUT2D eigenvalue weighted by molar-refractivity contribution is 5.95. The smallest absolute Gasteiger partial charge is 0.243 e. The molecule has 0 atom stereocenters. The highest BCUT2D eigenvalue weighted by atomic mass is 16.5. The van der Waals surface area contributed by atoms with E-state index in [1.54, 1.807) is 33.5 Å². The Labute approximate surface area is 141 Å². The van der Waals surface area contributed by atoms with Gasteiger partial charge in [-0.15, -0.1) is 0 Å². The molecule has 0 aliphatic carbocycles. The fourth-order valence-electron chi connectivity index (χ4n) is 2.29. The third kappa shape index (κ3) is 4.10. The number of ether oxygens (including phenoxy) is 3. The predicted molar refractivity (Wildman–Crippen MR) is 94.4 cm³/mol. The minimum Gasteiger partial charge on any atom is -0.495 e. The first-order valence-corrected chi connectivity index (χ1v) is 7.48. The molecule has 2 rings (SSSR count). The van der Waals surface area contributed by atoms with Gasteiger partial charge in [-0.05, 0) is 30.7 Å². The normalized spacial score (nSPS) is 10.0. The Balaban J connectivity index is 2.04. The van der Waals surface area contributed by atoms with Crippen LogP contribution in [-0.2, 0) is 4.79 Å². The molecule has 1 amide bonds. The predicted octanol–water partition coefficient (Wildman–Crippen LogP) is 3.07. The summed E-state index contributed by atoms with van der Waals surface area (Å²) < 4.78 is 15.8. The molecule has 6 heteroatoms. The van der Waals surface area contributed by atoms with E-state index in [1.165, 1.54) is 0 Å². The van der Waals surface area contributed by atoms with Crippen molar-refractivity contribution in [3.8, 4) is 17.2 Å². The van der Waals surface area contributed by atoms with Crippen molar-refractivity contribution in [2.24, 2.45) is 0 Å². The number of carbonyl (C=O) groups is 1. The van der Waals surface area contributed by atoms with Crippen molar-refractivity contribution in [3.63, 3.8) is 0 Å². The molecule has 0 unspecified atom stereocenters. The van der Waals surface area contributed by atoms with E-state index in [0.717, 1.165) is 11.3 Å². The SMILES string of the molecule is COc1ccccc1NC(=O)CNc1cc(OC)c(OC)cc1C. The van der Waals surface area contributed by atoms with Crippen molar-refractivity contribution in [2.45, 2.75) is 6.92 Å². The van der Waals surface area contributed by atoms with Crippen molar-refractivity contribution in [1.82, 2.24) is 0 Å². The summed E-state index contributed by atoms with van der Waals surface area (Å²) in [6.07, 6.45) is 0. The van der Waals surface area contributed by atoms with Crippen LogP contribution in [0.3, 0.4) is 0 Å². The van der Waals surface area contributed by atoms with Crippen LogP contribution in [0.5, 0.6) is 17.2 Å². The fourth-order valence-corrected chi connectivity index (χ4v) is 2.29. The molecular formula is C18H22N2O4. The van der Waals surface area contributed by atoms with Gasteiger partial charge in [0.2, 0.25) is 5.91 Å². The Morgan fingerprint density at radius 3 is 2.21 bits per heavy atom. The second kappa shape index (κ2) is 8.10. The Hall–Kier alpha value is -2.89. The van der Waals surface area contributed by atoms with Crippen molar-refractivity contribution in [3.05, 3.63) is 42.0 Å². The van der Waals surface area contributed by atoms with E-state index in [9.17, 15) is 4.79 Å². The van der Waals surface area contributed by atoms with E-state index >= 15 is 0 Å². The molecule has 0 radical (unpaired) electrons. The first-order chi connectivity index (χ1) is 11.6. The number of para-hydroxylation sites is 2. The molecule has 2 aromatic rings. The summed E-state index contributed by atoms with van der Waals surface area (Å²) in [6.45, 7) is 2.05. The topological polar surface area (TPSA) is 68.8 Å². The molecule has 0 spiro atoms. The molecule has 0 aromatic heterocycles. The molecule has 6 nitrogen and oxygen atoms in total. The lowest BCUT2D eigenvalue weighted by molar-refractivity contribution is -0.114. The number of benzene rings is 2. The Kier molecular flexibility index (Phi) is 5.89. The second-order valence-electron chi connectivity index (χ2n) is 5.12. The van der Waals surface area contributed by atoms with Gasteiger partial charge in [-0.2, -0.15) is 0 Å². The lowest BCUT2D eigenvalue weighted by Crippen LogP contribution is -2.22. The number of hydrogen-bond donors (Lipinski definition) is 2. The molecule has 0 aliphatic rings. The van der Waals surface area contributed by atoms with Gasteiger partial charge < -0.3 is 24.8 Å². The minimum absolute atomic E-state index is 0.119. The number of hydrogen-bond acceptors (Lipinski definition) is 5. The standard InChI is InChI=1S/C18H22N2O4/c1-12-9-16(23-3)17(24-4)10-14(12)19-11-18(21)20-13-7-5-6-8-15(13)22-2/h5-10,19H,11H2,1-4H3,(H,20,21). The van der Waals surface area contributed by atoms with E-state index in [2.05, 4.69) is 10.6 Å². The molecule has 2 N–H and O–H groups in total. The van der Waals surface area contributed by atoms with Gasteiger partial charge in [0.15, 0.2) is 11.5 Å². The van der Waals surface area contributed by atoms with Crippen molar-refractivity contribution in [1.29, 1.82) is 0 Å². The van der Waals surface area contributed by atoms with Crippen LogP contribution >= 0.6 is 0 Å². The van der Waals surface area contributed by atoms with Gasteiger partial charge in [0.1, 0.15) is 5.75 Å². The van der Waals surface area contributed by atoms with Gasteiger partial charge in [-0.1, -0.05) is 12.1 Å². The maximum Gasteiger partial charge on any atom is 0.243 e. The lowest BCUT2D eigenvalue weighted by Gasteiger charge is -2.15. The van der Waals surface area contributed by atoms with Crippen LogP contribution in [0.25, 0.3) is 0 Å². The van der Waals surface area contributed by atoms with Crippen LogP contribution in [-0.4, -0.2) is 33.8 Å². The van der Waals surface area contributed by atoms with Gasteiger partial charge in [-0.3, -0.25) is 4.79 Å². The molecular weight excluding hydrogens is 308 g/mol. The van der Waals surface area contributed by atoms with Crippen LogP contribution in [0.15, 0.2) is 36.4 Å². The van der Waals surface area contributed by atoms with E-state index in [1.807, 2.05) is 31.2 Å². The molecule has 0 fully saturated rings. The zero-order chi connectivity index (χ0) is 17.5. The average molecular weight is 330 g/mol. The summed E-state index contributed by atoms with van der Waals surface area (Å²) in [4.78, 5) is 12.2. The van der Waals surface area contributed by atoms with E-state index < -0.39 is 0 Å². The van der Waals surface area contributed by atoms with E-state index in [0.29, 0.717) is 22.9 Å². The summed E-state index contributed by atoms with van der Waals surface area (Å²) in [5, 5.41) is 5.93. The minimum atomic E-state index is -0.173. The summed E-state index contributed by atoms with van der Waals surface area (Å²) in [5.41, 5.74) is 2.40. The molecule has 0 aliphatic heterocycles. The number of anilines is 2. The van der Waals surface area contributed by atoms with Gasteiger partial charge in [-0.25, -0.2) is 0 Å². The van der Waals surface area contributed by atoms with Crippen LogP contribution in [0, 0.1) is 6.92 Å². The molecule has 0 heterocycles. The zero-order valence-electron chi connectivity index (χ0n) is 14.3. The summed E-state index contributed by atoms with van der Waals surface area (Å²) in [6, 6.07) is 10.9. The Morgan fingerprint density at radius 1 is 0.917 bits per heavy atom. The number of carbonyl (C=O) groups excluding carboxylic acids is 1. The highest BCUT2D eigenvalue weighted by Gasteiger charge is 2.11. The van der Waals surface area contributed by atoms with Crippen LogP contribution in [0.4, 0.5) is 11.4 Å². The molecule has 128 valence electrons. The van der Waals surface area contributed by atoms with E-state index in [-0.39, 0.29) is 12.5 Å². The lowest BCUT2D eigenvalue weighted by atomic mass is 10.1. The first-order valence-electron chi connectivity index (χ1n) is 7.48. The second-order valence-corrected chi connectivity index (χ2v) is 5.12. The van der Waals surface area contributed by atoms with Crippen molar-refractivity contribution in [2.75, 3.05) is 38.5 Å². The van der Waals surface area contributed by atoms with E-state index in [4.69, 9.17) is 14.2 Å².